The van der Waals surface area contributed by atoms with Gasteiger partial charge in [-0.1, -0.05) is 12.5 Å². The molecule has 0 aliphatic heterocycles. The molecule has 1 aromatic carbocycles. The van der Waals surface area contributed by atoms with Gasteiger partial charge in [-0.05, 0) is 36.7 Å². The number of fused-ring (bicyclic) bond motifs is 1. The van der Waals surface area contributed by atoms with E-state index in [9.17, 15) is 8.78 Å². The van der Waals surface area contributed by atoms with Crippen LogP contribution in [0.4, 0.5) is 8.78 Å². The average molecular weight is 243 g/mol. The Morgan fingerprint density at radius 2 is 1.88 bits per heavy atom. The summed E-state index contributed by atoms with van der Waals surface area (Å²) >= 11 is 6.30. The molecule has 1 aromatic rings. The highest BCUT2D eigenvalue weighted by molar-refractivity contribution is 6.21. The van der Waals surface area contributed by atoms with E-state index in [1.165, 1.54) is 31.4 Å². The summed E-state index contributed by atoms with van der Waals surface area (Å²) in [6.07, 6.45) is 3.73. The van der Waals surface area contributed by atoms with Crippen LogP contribution in [0.3, 0.4) is 0 Å². The molecule has 2 aliphatic carbocycles. The molecule has 3 rings (SSSR count). The van der Waals surface area contributed by atoms with Crippen molar-refractivity contribution in [1.82, 2.24) is 0 Å². The standard InChI is InChI=1S/C13H13ClF2/c14-13(12-8-2-1-3-9(8)12)10-5-4-7(15)6-11(10)16/h4-6,8-9,12-13H,1-3H2. The molecule has 16 heavy (non-hydrogen) atoms. The summed E-state index contributed by atoms with van der Waals surface area (Å²) in [4.78, 5) is 0. The van der Waals surface area contributed by atoms with Gasteiger partial charge in [0.1, 0.15) is 11.6 Å². The van der Waals surface area contributed by atoms with E-state index in [-0.39, 0.29) is 5.38 Å². The highest BCUT2D eigenvalue weighted by atomic mass is 35.5. The highest BCUT2D eigenvalue weighted by Gasteiger charge is 2.56. The first-order chi connectivity index (χ1) is 7.68. The van der Waals surface area contributed by atoms with Gasteiger partial charge < -0.3 is 0 Å². The smallest absolute Gasteiger partial charge is 0.130 e. The maximum absolute atomic E-state index is 13.5. The molecule has 0 radical (unpaired) electrons. The Kier molecular flexibility index (Phi) is 2.43. The van der Waals surface area contributed by atoms with Gasteiger partial charge in [0.15, 0.2) is 0 Å². The molecule has 0 heterocycles. The van der Waals surface area contributed by atoms with Gasteiger partial charge in [0.25, 0.3) is 0 Å². The van der Waals surface area contributed by atoms with E-state index in [0.717, 1.165) is 6.07 Å². The molecular formula is C13H13ClF2. The van der Waals surface area contributed by atoms with Crippen molar-refractivity contribution in [2.45, 2.75) is 24.6 Å². The molecule has 86 valence electrons. The Morgan fingerprint density at radius 1 is 1.19 bits per heavy atom. The summed E-state index contributed by atoms with van der Waals surface area (Å²) in [6, 6.07) is 3.69. The largest absolute Gasteiger partial charge is 0.207 e. The van der Waals surface area contributed by atoms with Gasteiger partial charge in [-0.2, -0.15) is 0 Å². The Labute approximate surface area is 98.6 Å². The van der Waals surface area contributed by atoms with E-state index in [0.29, 0.717) is 23.3 Å². The number of halogens is 3. The Bertz CT molecular complexity index is 408. The third-order valence-corrected chi connectivity index (χ3v) is 4.60. The Balaban J connectivity index is 1.82. The van der Waals surface area contributed by atoms with Crippen molar-refractivity contribution >= 4 is 11.6 Å². The SMILES string of the molecule is Fc1ccc(C(Cl)C2C3CCCC32)c(F)c1. The number of hydrogen-bond acceptors (Lipinski definition) is 0. The van der Waals surface area contributed by atoms with Crippen LogP contribution in [-0.4, -0.2) is 0 Å². The summed E-state index contributed by atoms with van der Waals surface area (Å²) in [5.41, 5.74) is 0.461. The molecule has 0 N–H and O–H groups in total. The number of benzene rings is 1. The lowest BCUT2D eigenvalue weighted by atomic mass is 10.0. The van der Waals surface area contributed by atoms with E-state index < -0.39 is 11.6 Å². The quantitative estimate of drug-likeness (QED) is 0.679. The number of alkyl halides is 1. The maximum atomic E-state index is 13.5. The van der Waals surface area contributed by atoms with Gasteiger partial charge in [0, 0.05) is 11.6 Å². The van der Waals surface area contributed by atoms with Crippen molar-refractivity contribution < 1.29 is 8.78 Å². The van der Waals surface area contributed by atoms with Crippen LogP contribution in [0, 0.1) is 29.4 Å². The van der Waals surface area contributed by atoms with Crippen LogP contribution in [0.15, 0.2) is 18.2 Å². The molecular weight excluding hydrogens is 230 g/mol. The van der Waals surface area contributed by atoms with Crippen LogP contribution < -0.4 is 0 Å². The second-order valence-corrected chi connectivity index (χ2v) is 5.37. The minimum atomic E-state index is -0.541. The summed E-state index contributed by atoms with van der Waals surface area (Å²) in [6.45, 7) is 0. The second-order valence-electron chi connectivity index (χ2n) is 4.90. The lowest BCUT2D eigenvalue weighted by molar-refractivity contribution is 0.534. The van der Waals surface area contributed by atoms with Crippen LogP contribution >= 0.6 is 11.6 Å². The van der Waals surface area contributed by atoms with E-state index in [2.05, 4.69) is 0 Å². The molecule has 0 nitrogen and oxygen atoms in total. The second kappa shape index (κ2) is 3.69. The van der Waals surface area contributed by atoms with Gasteiger partial charge in [-0.3, -0.25) is 0 Å². The van der Waals surface area contributed by atoms with Crippen molar-refractivity contribution in [3.63, 3.8) is 0 Å². The molecule has 2 saturated carbocycles. The molecule has 0 amide bonds. The van der Waals surface area contributed by atoms with E-state index in [4.69, 9.17) is 11.6 Å². The van der Waals surface area contributed by atoms with Gasteiger partial charge in [-0.15, -0.1) is 11.6 Å². The fourth-order valence-electron chi connectivity index (χ4n) is 3.24. The summed E-state index contributed by atoms with van der Waals surface area (Å²) in [5, 5.41) is -0.282. The first-order valence-corrected chi connectivity index (χ1v) is 6.21. The van der Waals surface area contributed by atoms with Gasteiger partial charge in [-0.25, -0.2) is 8.78 Å². The third-order valence-electron chi connectivity index (χ3n) is 4.07. The molecule has 0 saturated heterocycles. The predicted octanol–water partition coefficient (Wildman–Crippen LogP) is 4.29. The lowest BCUT2D eigenvalue weighted by Crippen LogP contribution is -2.01. The van der Waals surface area contributed by atoms with Crippen molar-refractivity contribution in [2.24, 2.45) is 17.8 Å². The summed E-state index contributed by atoms with van der Waals surface area (Å²) in [7, 11) is 0. The van der Waals surface area contributed by atoms with Gasteiger partial charge in [0.05, 0.1) is 5.38 Å². The Morgan fingerprint density at radius 3 is 2.50 bits per heavy atom. The molecule has 2 aliphatic rings. The van der Waals surface area contributed by atoms with Crippen molar-refractivity contribution in [3.8, 4) is 0 Å². The monoisotopic (exact) mass is 242 g/mol. The predicted molar refractivity (Wildman–Crippen MR) is 59.3 cm³/mol. The topological polar surface area (TPSA) is 0 Å². The summed E-state index contributed by atoms with van der Waals surface area (Å²) in [5.74, 6) is 0.736. The van der Waals surface area contributed by atoms with Crippen LogP contribution in [0.25, 0.3) is 0 Å². The zero-order valence-corrected chi connectivity index (χ0v) is 9.55. The van der Waals surface area contributed by atoms with Gasteiger partial charge >= 0.3 is 0 Å². The molecule has 3 atom stereocenters. The molecule has 0 spiro atoms. The molecule has 3 unspecified atom stereocenters. The minimum Gasteiger partial charge on any atom is -0.207 e. The number of rotatable bonds is 2. The number of hydrogen-bond donors (Lipinski definition) is 0. The van der Waals surface area contributed by atoms with Crippen molar-refractivity contribution in [3.05, 3.63) is 35.4 Å². The van der Waals surface area contributed by atoms with Crippen molar-refractivity contribution in [1.29, 1.82) is 0 Å². The fraction of sp³-hybridized carbons (Fsp3) is 0.538. The molecule has 2 fully saturated rings. The zero-order valence-electron chi connectivity index (χ0n) is 8.80. The summed E-state index contributed by atoms with van der Waals surface area (Å²) < 4.78 is 26.3. The fourth-order valence-corrected chi connectivity index (χ4v) is 3.79. The first-order valence-electron chi connectivity index (χ1n) is 5.77. The van der Waals surface area contributed by atoms with Crippen molar-refractivity contribution in [2.75, 3.05) is 0 Å². The minimum absolute atomic E-state index is 0.282. The van der Waals surface area contributed by atoms with Crippen LogP contribution in [0.2, 0.25) is 0 Å². The molecule has 3 heteroatoms. The third kappa shape index (κ3) is 1.55. The highest BCUT2D eigenvalue weighted by Crippen LogP contribution is 2.63. The normalized spacial score (nSPS) is 33.6. The van der Waals surface area contributed by atoms with E-state index in [1.807, 2.05) is 0 Å². The van der Waals surface area contributed by atoms with Crippen LogP contribution in [0.1, 0.15) is 30.2 Å². The lowest BCUT2D eigenvalue weighted by Gasteiger charge is -2.12. The zero-order chi connectivity index (χ0) is 11.3. The Hall–Kier alpha value is -0.630. The maximum Gasteiger partial charge on any atom is 0.130 e. The van der Waals surface area contributed by atoms with E-state index in [1.54, 1.807) is 0 Å². The van der Waals surface area contributed by atoms with Crippen LogP contribution in [-0.2, 0) is 0 Å². The molecule has 0 bridgehead atoms. The average Bonchev–Trinajstić information content (AvgIpc) is 2.71. The van der Waals surface area contributed by atoms with E-state index >= 15 is 0 Å². The molecule has 0 aromatic heterocycles. The van der Waals surface area contributed by atoms with Crippen LogP contribution in [0.5, 0.6) is 0 Å². The van der Waals surface area contributed by atoms with Gasteiger partial charge in [0.2, 0.25) is 0 Å². The first kappa shape index (κ1) is 10.5.